The van der Waals surface area contributed by atoms with E-state index in [0.29, 0.717) is 6.04 Å². The lowest BCUT2D eigenvalue weighted by atomic mass is 9.70. The zero-order valence-corrected chi connectivity index (χ0v) is 16.8. The summed E-state index contributed by atoms with van der Waals surface area (Å²) in [4.78, 5) is 14.2. The van der Waals surface area contributed by atoms with E-state index in [1.165, 1.54) is 5.56 Å². The molecule has 2 aromatic rings. The molecular formula is C23H30N4O2. The molecule has 6 heteroatoms. The van der Waals surface area contributed by atoms with Gasteiger partial charge in [0.1, 0.15) is 5.82 Å². The summed E-state index contributed by atoms with van der Waals surface area (Å²) in [7, 11) is 0. The number of nitrogens with zero attached hydrogens (tertiary/aromatic N) is 4. The SMILES string of the molecule is OC[C@@]1(Cc2ccccc2)C[C@H]2CC[C@@H]1N2c1nccc(N2CCC(O)CC2)n1. The van der Waals surface area contributed by atoms with Crippen molar-refractivity contribution in [1.29, 1.82) is 0 Å². The second-order valence-electron chi connectivity index (χ2n) is 8.97. The van der Waals surface area contributed by atoms with E-state index in [9.17, 15) is 10.2 Å². The van der Waals surface area contributed by atoms with Gasteiger partial charge in [0.15, 0.2) is 0 Å². The van der Waals surface area contributed by atoms with Gasteiger partial charge in [-0.25, -0.2) is 4.98 Å². The maximum Gasteiger partial charge on any atom is 0.227 e. The Morgan fingerprint density at radius 3 is 2.59 bits per heavy atom. The summed E-state index contributed by atoms with van der Waals surface area (Å²) < 4.78 is 0. The second kappa shape index (κ2) is 7.58. The van der Waals surface area contributed by atoms with Crippen molar-refractivity contribution in [3.05, 3.63) is 48.2 Å². The molecule has 3 aliphatic rings. The molecule has 3 atom stereocenters. The van der Waals surface area contributed by atoms with Crippen LogP contribution >= 0.6 is 0 Å². The van der Waals surface area contributed by atoms with Crippen LogP contribution in [0.15, 0.2) is 42.6 Å². The van der Waals surface area contributed by atoms with Crippen LogP contribution in [-0.4, -0.2) is 58.1 Å². The van der Waals surface area contributed by atoms with Crippen molar-refractivity contribution in [3.8, 4) is 0 Å². The molecule has 0 radical (unpaired) electrons. The highest BCUT2D eigenvalue weighted by molar-refractivity contribution is 5.48. The Morgan fingerprint density at radius 2 is 1.83 bits per heavy atom. The molecule has 154 valence electrons. The number of rotatable bonds is 5. The lowest BCUT2D eigenvalue weighted by Gasteiger charge is -2.36. The summed E-state index contributed by atoms with van der Waals surface area (Å²) in [6, 6.07) is 13.2. The van der Waals surface area contributed by atoms with Gasteiger partial charge in [-0.3, -0.25) is 0 Å². The van der Waals surface area contributed by atoms with Gasteiger partial charge < -0.3 is 20.0 Å². The van der Waals surface area contributed by atoms with Crippen molar-refractivity contribution in [3.63, 3.8) is 0 Å². The lowest BCUT2D eigenvalue weighted by Crippen LogP contribution is -2.42. The van der Waals surface area contributed by atoms with Crippen LogP contribution in [-0.2, 0) is 6.42 Å². The van der Waals surface area contributed by atoms with Gasteiger partial charge in [0.05, 0.1) is 12.7 Å². The largest absolute Gasteiger partial charge is 0.396 e. The van der Waals surface area contributed by atoms with Crippen molar-refractivity contribution >= 4 is 11.8 Å². The molecule has 0 spiro atoms. The van der Waals surface area contributed by atoms with E-state index in [2.05, 4.69) is 39.0 Å². The minimum Gasteiger partial charge on any atom is -0.396 e. The van der Waals surface area contributed by atoms with E-state index >= 15 is 0 Å². The molecule has 0 saturated carbocycles. The number of benzene rings is 1. The van der Waals surface area contributed by atoms with E-state index in [0.717, 1.165) is 63.4 Å². The number of aliphatic hydroxyl groups is 2. The van der Waals surface area contributed by atoms with Crippen molar-refractivity contribution in [2.75, 3.05) is 29.5 Å². The molecule has 2 bridgehead atoms. The molecule has 0 amide bonds. The molecule has 3 aliphatic heterocycles. The van der Waals surface area contributed by atoms with Gasteiger partial charge >= 0.3 is 0 Å². The Bertz CT molecular complexity index is 840. The normalized spacial score (nSPS) is 29.6. The molecule has 29 heavy (non-hydrogen) atoms. The molecule has 1 aromatic heterocycles. The number of anilines is 2. The van der Waals surface area contributed by atoms with Crippen molar-refractivity contribution < 1.29 is 10.2 Å². The standard InChI is InChI=1S/C23H30N4O2/c28-16-23(14-17-4-2-1-3-5-17)15-18-6-7-20(23)27(18)22-24-11-8-21(25-22)26-12-9-19(29)10-13-26/h1-5,8,11,18-20,28-29H,6-7,9-10,12-16H2/t18-,20+,23-/m1/s1. The van der Waals surface area contributed by atoms with Crippen LogP contribution in [0, 0.1) is 5.41 Å². The minimum atomic E-state index is -0.190. The number of aliphatic hydroxyl groups excluding tert-OH is 2. The second-order valence-corrected chi connectivity index (χ2v) is 8.97. The zero-order chi connectivity index (χ0) is 19.8. The van der Waals surface area contributed by atoms with E-state index in [1.807, 2.05) is 18.3 Å². The molecule has 6 nitrogen and oxygen atoms in total. The number of piperidine rings is 1. The maximum absolute atomic E-state index is 10.4. The van der Waals surface area contributed by atoms with Gasteiger partial charge in [0.25, 0.3) is 0 Å². The third kappa shape index (κ3) is 3.38. The maximum atomic E-state index is 10.4. The van der Waals surface area contributed by atoms with Gasteiger partial charge in [-0.05, 0) is 50.2 Å². The Morgan fingerprint density at radius 1 is 1.03 bits per heavy atom. The number of fused-ring (bicyclic) bond motifs is 2. The van der Waals surface area contributed by atoms with Gasteiger partial charge in [-0.1, -0.05) is 30.3 Å². The van der Waals surface area contributed by atoms with Crippen molar-refractivity contribution in [2.45, 2.75) is 56.7 Å². The lowest BCUT2D eigenvalue weighted by molar-refractivity contribution is 0.0984. The first-order chi connectivity index (χ1) is 14.2. The van der Waals surface area contributed by atoms with Crippen LogP contribution in [0.5, 0.6) is 0 Å². The Kier molecular flexibility index (Phi) is 4.92. The van der Waals surface area contributed by atoms with E-state index in [-0.39, 0.29) is 24.2 Å². The first-order valence-corrected chi connectivity index (χ1v) is 10.9. The molecule has 3 saturated heterocycles. The van der Waals surface area contributed by atoms with Crippen LogP contribution < -0.4 is 9.80 Å². The summed E-state index contributed by atoms with van der Waals surface area (Å²) >= 11 is 0. The van der Waals surface area contributed by atoms with Gasteiger partial charge in [0, 0.05) is 36.8 Å². The highest BCUT2D eigenvalue weighted by Crippen LogP contribution is 2.52. The van der Waals surface area contributed by atoms with Crippen LogP contribution in [0.1, 0.15) is 37.7 Å². The van der Waals surface area contributed by atoms with Crippen molar-refractivity contribution in [1.82, 2.24) is 9.97 Å². The summed E-state index contributed by atoms with van der Waals surface area (Å²) in [5.41, 5.74) is 1.16. The fourth-order valence-corrected chi connectivity index (χ4v) is 5.75. The number of hydrogen-bond donors (Lipinski definition) is 2. The summed E-state index contributed by atoms with van der Waals surface area (Å²) in [6.45, 7) is 1.86. The van der Waals surface area contributed by atoms with E-state index in [4.69, 9.17) is 4.98 Å². The van der Waals surface area contributed by atoms with Crippen molar-refractivity contribution in [2.24, 2.45) is 5.41 Å². The first kappa shape index (κ1) is 18.8. The Balaban J connectivity index is 1.40. The summed E-state index contributed by atoms with van der Waals surface area (Å²) in [5.74, 6) is 1.75. The average molecular weight is 395 g/mol. The van der Waals surface area contributed by atoms with Crippen LogP contribution in [0.25, 0.3) is 0 Å². The Labute approximate surface area is 172 Å². The third-order valence-electron chi connectivity index (χ3n) is 7.21. The van der Waals surface area contributed by atoms with Crippen LogP contribution in [0.3, 0.4) is 0 Å². The average Bonchev–Trinajstić information content (AvgIpc) is 3.31. The molecule has 2 N–H and O–H groups in total. The molecule has 0 unspecified atom stereocenters. The topological polar surface area (TPSA) is 72.7 Å². The summed E-state index contributed by atoms with van der Waals surface area (Å²) in [6.07, 6.45) is 7.37. The molecule has 5 rings (SSSR count). The van der Waals surface area contributed by atoms with Crippen LogP contribution in [0.4, 0.5) is 11.8 Å². The minimum absolute atomic E-state index is 0.126. The predicted molar refractivity (Wildman–Crippen MR) is 113 cm³/mol. The quantitative estimate of drug-likeness (QED) is 0.811. The van der Waals surface area contributed by atoms with Gasteiger partial charge in [0.2, 0.25) is 5.95 Å². The predicted octanol–water partition coefficient (Wildman–Crippen LogP) is 2.40. The van der Waals surface area contributed by atoms with Gasteiger partial charge in [-0.15, -0.1) is 0 Å². The zero-order valence-electron chi connectivity index (χ0n) is 16.8. The smallest absolute Gasteiger partial charge is 0.227 e. The molecule has 1 aromatic carbocycles. The molecular weight excluding hydrogens is 364 g/mol. The van der Waals surface area contributed by atoms with Crippen LogP contribution in [0.2, 0.25) is 0 Å². The summed E-state index contributed by atoms with van der Waals surface area (Å²) in [5, 5.41) is 20.2. The first-order valence-electron chi connectivity index (χ1n) is 10.9. The number of hydrogen-bond acceptors (Lipinski definition) is 6. The molecule has 4 heterocycles. The van der Waals surface area contributed by atoms with Gasteiger partial charge in [-0.2, -0.15) is 4.98 Å². The highest BCUT2D eigenvalue weighted by atomic mass is 16.3. The molecule has 0 aliphatic carbocycles. The number of aromatic nitrogens is 2. The van der Waals surface area contributed by atoms with E-state index < -0.39 is 0 Å². The fraction of sp³-hybridized carbons (Fsp3) is 0.565. The fourth-order valence-electron chi connectivity index (χ4n) is 5.75. The highest BCUT2D eigenvalue weighted by Gasteiger charge is 2.56. The molecule has 3 fully saturated rings. The third-order valence-corrected chi connectivity index (χ3v) is 7.21. The Hall–Kier alpha value is -2.18. The van der Waals surface area contributed by atoms with E-state index in [1.54, 1.807) is 0 Å². The monoisotopic (exact) mass is 394 g/mol.